The molecule has 1 aromatic heterocycles. The van der Waals surface area contributed by atoms with Gasteiger partial charge < -0.3 is 15.2 Å². The van der Waals surface area contributed by atoms with Gasteiger partial charge in [-0.15, -0.1) is 11.3 Å². The van der Waals surface area contributed by atoms with Crippen LogP contribution in [0.4, 0.5) is 5.69 Å². The number of halogens is 1. The molecule has 0 fully saturated rings. The van der Waals surface area contributed by atoms with Gasteiger partial charge in [0.15, 0.2) is 11.5 Å². The number of methoxy groups -OCH3 is 1. The highest BCUT2D eigenvalue weighted by Crippen LogP contribution is 2.35. The quantitative estimate of drug-likeness (QED) is 0.619. The van der Waals surface area contributed by atoms with Crippen molar-refractivity contribution >= 4 is 33.0 Å². The molecule has 0 aliphatic rings. The second-order valence-electron chi connectivity index (χ2n) is 4.09. The summed E-state index contributed by atoms with van der Waals surface area (Å²) in [5.74, 6) is 0.752. The van der Waals surface area contributed by atoms with Crippen LogP contribution in [0.5, 0.6) is 11.5 Å². The molecule has 0 saturated carbocycles. The minimum atomic E-state index is -0.476. The molecule has 0 unspecified atom stereocenters. The maximum absolute atomic E-state index is 11.1. The van der Waals surface area contributed by atoms with Crippen molar-refractivity contribution in [2.75, 3.05) is 7.11 Å². The second-order valence-corrected chi connectivity index (χ2v) is 6.64. The van der Waals surface area contributed by atoms with Crippen molar-refractivity contribution in [1.82, 2.24) is 0 Å². The first-order chi connectivity index (χ1) is 10.0. The Labute approximate surface area is 133 Å². The van der Waals surface area contributed by atoms with E-state index in [4.69, 9.17) is 15.2 Å². The maximum Gasteiger partial charge on any atom is 0.277 e. The number of nitro groups is 1. The van der Waals surface area contributed by atoms with Gasteiger partial charge in [0, 0.05) is 17.0 Å². The molecule has 0 aliphatic heterocycles. The fraction of sp³-hybridized carbons (Fsp3) is 0.231. The predicted octanol–water partition coefficient (Wildman–Crippen LogP) is 3.47. The SMILES string of the molecule is COc1cc(CN)c([N+](=O)[O-])cc1OCc1ccc(Br)s1. The van der Waals surface area contributed by atoms with E-state index in [1.54, 1.807) is 0 Å². The molecule has 21 heavy (non-hydrogen) atoms. The lowest BCUT2D eigenvalue weighted by Crippen LogP contribution is -2.04. The van der Waals surface area contributed by atoms with Crippen LogP contribution in [0.3, 0.4) is 0 Å². The van der Waals surface area contributed by atoms with Gasteiger partial charge in [0.05, 0.1) is 21.9 Å². The Kier molecular flexibility index (Phi) is 5.16. The summed E-state index contributed by atoms with van der Waals surface area (Å²) in [6.45, 7) is 0.372. The molecule has 2 N–H and O–H groups in total. The van der Waals surface area contributed by atoms with E-state index in [2.05, 4.69) is 15.9 Å². The van der Waals surface area contributed by atoms with Gasteiger partial charge in [-0.2, -0.15) is 0 Å². The Bertz CT molecular complexity index is 660. The van der Waals surface area contributed by atoms with Crippen molar-refractivity contribution in [3.63, 3.8) is 0 Å². The monoisotopic (exact) mass is 372 g/mol. The number of nitrogens with two attached hydrogens (primary N) is 1. The van der Waals surface area contributed by atoms with Gasteiger partial charge in [-0.3, -0.25) is 10.1 Å². The molecule has 0 radical (unpaired) electrons. The van der Waals surface area contributed by atoms with E-state index in [1.165, 1.54) is 30.6 Å². The Hall–Kier alpha value is -1.64. The van der Waals surface area contributed by atoms with E-state index >= 15 is 0 Å². The third kappa shape index (κ3) is 3.72. The maximum atomic E-state index is 11.1. The second kappa shape index (κ2) is 6.88. The number of benzene rings is 1. The van der Waals surface area contributed by atoms with Crippen molar-refractivity contribution in [2.24, 2.45) is 5.73 Å². The van der Waals surface area contributed by atoms with Crippen molar-refractivity contribution in [1.29, 1.82) is 0 Å². The first kappa shape index (κ1) is 15.7. The standard InChI is InChI=1S/C13H13BrN2O4S/c1-19-11-4-8(6-15)10(16(17)18)5-12(11)20-7-9-2-3-13(14)21-9/h2-5H,6-7,15H2,1H3. The van der Waals surface area contributed by atoms with Crippen molar-refractivity contribution in [3.8, 4) is 11.5 Å². The van der Waals surface area contributed by atoms with E-state index in [1.807, 2.05) is 12.1 Å². The van der Waals surface area contributed by atoms with Gasteiger partial charge in [0.1, 0.15) is 6.61 Å². The lowest BCUT2D eigenvalue weighted by Gasteiger charge is -2.11. The number of nitro benzene ring substituents is 1. The zero-order valence-corrected chi connectivity index (χ0v) is 13.6. The van der Waals surface area contributed by atoms with Crippen LogP contribution in [0.1, 0.15) is 10.4 Å². The van der Waals surface area contributed by atoms with Crippen LogP contribution in [0.15, 0.2) is 28.1 Å². The van der Waals surface area contributed by atoms with Crippen LogP contribution in [-0.2, 0) is 13.2 Å². The predicted molar refractivity (Wildman–Crippen MR) is 83.9 cm³/mol. The molecule has 8 heteroatoms. The first-order valence-corrected chi connectivity index (χ1v) is 7.58. The van der Waals surface area contributed by atoms with Gasteiger partial charge in [-0.05, 0) is 34.1 Å². The fourth-order valence-corrected chi connectivity index (χ4v) is 3.17. The van der Waals surface area contributed by atoms with Gasteiger partial charge in [0.25, 0.3) is 5.69 Å². The number of hydrogen-bond acceptors (Lipinski definition) is 6. The van der Waals surface area contributed by atoms with Crippen LogP contribution in [0.25, 0.3) is 0 Å². The fourth-order valence-electron chi connectivity index (χ4n) is 1.78. The lowest BCUT2D eigenvalue weighted by molar-refractivity contribution is -0.385. The molecule has 0 atom stereocenters. The third-order valence-electron chi connectivity index (χ3n) is 2.78. The Morgan fingerprint density at radius 3 is 2.67 bits per heavy atom. The van der Waals surface area contributed by atoms with Crippen molar-refractivity contribution in [2.45, 2.75) is 13.2 Å². The Morgan fingerprint density at radius 1 is 1.38 bits per heavy atom. The minimum absolute atomic E-state index is 0.0603. The van der Waals surface area contributed by atoms with Gasteiger partial charge >= 0.3 is 0 Å². The smallest absolute Gasteiger partial charge is 0.277 e. The summed E-state index contributed by atoms with van der Waals surface area (Å²) in [6.07, 6.45) is 0. The Morgan fingerprint density at radius 2 is 2.14 bits per heavy atom. The molecule has 2 rings (SSSR count). The average Bonchev–Trinajstić information content (AvgIpc) is 2.89. The zero-order chi connectivity index (χ0) is 15.4. The molecule has 0 amide bonds. The van der Waals surface area contributed by atoms with Crippen LogP contribution in [0.2, 0.25) is 0 Å². The van der Waals surface area contributed by atoms with Crippen LogP contribution >= 0.6 is 27.3 Å². The number of ether oxygens (including phenoxy) is 2. The summed E-state index contributed by atoms with van der Waals surface area (Å²) in [5.41, 5.74) is 5.86. The number of nitrogens with zero attached hydrogens (tertiary/aromatic N) is 1. The molecule has 0 bridgehead atoms. The highest BCUT2D eigenvalue weighted by molar-refractivity contribution is 9.11. The van der Waals surface area contributed by atoms with Gasteiger partial charge in [-0.1, -0.05) is 0 Å². The zero-order valence-electron chi connectivity index (χ0n) is 11.2. The average molecular weight is 373 g/mol. The van der Waals surface area contributed by atoms with E-state index in [9.17, 15) is 10.1 Å². The molecule has 6 nitrogen and oxygen atoms in total. The summed E-state index contributed by atoms with van der Waals surface area (Å²) in [7, 11) is 1.48. The number of thiophene rings is 1. The topological polar surface area (TPSA) is 87.6 Å². The molecule has 0 aliphatic carbocycles. The molecule has 0 spiro atoms. The molecule has 1 aromatic carbocycles. The molecule has 1 heterocycles. The van der Waals surface area contributed by atoms with Crippen molar-refractivity contribution in [3.05, 3.63) is 48.6 Å². The highest BCUT2D eigenvalue weighted by atomic mass is 79.9. The first-order valence-electron chi connectivity index (χ1n) is 5.97. The normalized spacial score (nSPS) is 10.4. The highest BCUT2D eigenvalue weighted by Gasteiger charge is 2.19. The van der Waals surface area contributed by atoms with Crippen LogP contribution in [-0.4, -0.2) is 12.0 Å². The molecule has 0 saturated heterocycles. The van der Waals surface area contributed by atoms with Crippen LogP contribution < -0.4 is 15.2 Å². The van der Waals surface area contributed by atoms with Crippen molar-refractivity contribution < 1.29 is 14.4 Å². The molecular weight excluding hydrogens is 360 g/mol. The molecule has 112 valence electrons. The summed E-state index contributed by atoms with van der Waals surface area (Å²) in [6, 6.07) is 6.73. The summed E-state index contributed by atoms with van der Waals surface area (Å²) in [5, 5.41) is 11.1. The largest absolute Gasteiger partial charge is 0.493 e. The van der Waals surface area contributed by atoms with E-state index in [-0.39, 0.29) is 12.2 Å². The Balaban J connectivity index is 2.28. The number of rotatable bonds is 6. The lowest BCUT2D eigenvalue weighted by atomic mass is 10.1. The van der Waals surface area contributed by atoms with E-state index < -0.39 is 4.92 Å². The number of hydrogen-bond donors (Lipinski definition) is 1. The summed E-state index contributed by atoms with van der Waals surface area (Å²) >= 11 is 4.91. The minimum Gasteiger partial charge on any atom is -0.493 e. The molecule has 2 aromatic rings. The third-order valence-corrected chi connectivity index (χ3v) is 4.38. The summed E-state index contributed by atoms with van der Waals surface area (Å²) in [4.78, 5) is 11.6. The van der Waals surface area contributed by atoms with Gasteiger partial charge in [-0.25, -0.2) is 0 Å². The van der Waals surface area contributed by atoms with E-state index in [0.29, 0.717) is 23.7 Å². The molecular formula is C13H13BrN2O4S. The van der Waals surface area contributed by atoms with Gasteiger partial charge in [0.2, 0.25) is 0 Å². The van der Waals surface area contributed by atoms with E-state index in [0.717, 1.165) is 8.66 Å². The summed E-state index contributed by atoms with van der Waals surface area (Å²) < 4.78 is 11.8. The van der Waals surface area contributed by atoms with Crippen LogP contribution in [0, 0.1) is 10.1 Å².